The fraction of sp³-hybridized carbons (Fsp3) is 0.333. The van der Waals surface area contributed by atoms with Crippen molar-refractivity contribution in [3.63, 3.8) is 0 Å². The second-order valence-corrected chi connectivity index (χ2v) is 3.58. The quantitative estimate of drug-likeness (QED) is 0.564. The Balaban J connectivity index is 2.01. The predicted molar refractivity (Wildman–Crippen MR) is 56.2 cm³/mol. The van der Waals surface area contributed by atoms with Gasteiger partial charge in [0, 0.05) is 0 Å². The van der Waals surface area contributed by atoms with Crippen LogP contribution in [0, 0.1) is 0 Å². The van der Waals surface area contributed by atoms with E-state index in [0.717, 1.165) is 30.2 Å². The van der Waals surface area contributed by atoms with Gasteiger partial charge in [-0.05, 0) is 0 Å². The van der Waals surface area contributed by atoms with E-state index in [1.807, 2.05) is 10.9 Å². The third-order valence-electron chi connectivity index (χ3n) is 2.59. The van der Waals surface area contributed by atoms with E-state index in [1.165, 1.54) is 0 Å². The third kappa shape index (κ3) is 1.33. The minimum Gasteiger partial charge on any atom is -0.324 e. The van der Waals surface area contributed by atoms with Crippen molar-refractivity contribution in [3.8, 4) is 11.3 Å². The Morgan fingerprint density at radius 1 is 1.44 bits per heavy atom. The number of hydrogen-bond acceptors (Lipinski definition) is 5. The highest BCUT2D eigenvalue weighted by molar-refractivity contribution is 5.69. The molecule has 82 valence electrons. The van der Waals surface area contributed by atoms with Crippen LogP contribution in [-0.4, -0.2) is 26.8 Å². The molecule has 0 saturated heterocycles. The number of aromatic nitrogens is 5. The zero-order chi connectivity index (χ0) is 11.0. The summed E-state index contributed by atoms with van der Waals surface area (Å²) in [5.74, 6) is 1.59. The molecule has 0 aromatic carbocycles. The highest BCUT2D eigenvalue weighted by atomic mass is 15.4. The minimum atomic E-state index is 0.311. The van der Waals surface area contributed by atoms with Crippen LogP contribution < -0.4 is 15.7 Å². The Morgan fingerprint density at radius 3 is 3.12 bits per heavy atom. The SMILES string of the molecule is NCc1ncc(-c2c[nH][n+]3c2NCC3)nn1. The van der Waals surface area contributed by atoms with Crippen LogP contribution in [0.1, 0.15) is 5.82 Å². The number of fused-ring (bicyclic) bond motifs is 1. The lowest BCUT2D eigenvalue weighted by atomic mass is 10.2. The Bertz CT molecular complexity index is 501. The van der Waals surface area contributed by atoms with Gasteiger partial charge in [0.2, 0.25) is 0 Å². The van der Waals surface area contributed by atoms with Crippen LogP contribution in [0.3, 0.4) is 0 Å². The number of rotatable bonds is 2. The summed E-state index contributed by atoms with van der Waals surface area (Å²) in [5.41, 5.74) is 7.16. The summed E-state index contributed by atoms with van der Waals surface area (Å²) >= 11 is 0. The van der Waals surface area contributed by atoms with Gasteiger partial charge in [0.15, 0.2) is 5.82 Å². The molecule has 2 aromatic rings. The first kappa shape index (κ1) is 9.22. The first-order valence-electron chi connectivity index (χ1n) is 5.12. The molecule has 1 aliphatic rings. The maximum Gasteiger partial charge on any atom is 0.304 e. The largest absolute Gasteiger partial charge is 0.324 e. The molecule has 16 heavy (non-hydrogen) atoms. The van der Waals surface area contributed by atoms with Crippen molar-refractivity contribution >= 4 is 5.82 Å². The lowest BCUT2D eigenvalue weighted by Gasteiger charge is -1.96. The fourth-order valence-corrected chi connectivity index (χ4v) is 1.78. The van der Waals surface area contributed by atoms with Crippen LogP contribution in [0.4, 0.5) is 5.82 Å². The summed E-state index contributed by atoms with van der Waals surface area (Å²) in [6.45, 7) is 2.18. The van der Waals surface area contributed by atoms with Crippen LogP contribution in [0.25, 0.3) is 11.3 Å². The molecule has 7 heteroatoms. The molecular weight excluding hydrogens is 206 g/mol. The average molecular weight is 218 g/mol. The molecule has 0 saturated carbocycles. The Kier molecular flexibility index (Phi) is 2.03. The topological polar surface area (TPSA) is 96.4 Å². The number of H-pyrrole nitrogens is 1. The molecule has 4 N–H and O–H groups in total. The molecule has 0 unspecified atom stereocenters. The first-order valence-corrected chi connectivity index (χ1v) is 5.12. The van der Waals surface area contributed by atoms with Gasteiger partial charge in [-0.15, -0.1) is 10.2 Å². The van der Waals surface area contributed by atoms with Crippen LogP contribution in [-0.2, 0) is 13.1 Å². The van der Waals surface area contributed by atoms with Gasteiger partial charge in [-0.25, -0.2) is 10.1 Å². The van der Waals surface area contributed by atoms with E-state index in [0.29, 0.717) is 12.4 Å². The van der Waals surface area contributed by atoms with Gasteiger partial charge in [0.05, 0.1) is 18.9 Å². The van der Waals surface area contributed by atoms with Crippen molar-refractivity contribution in [2.24, 2.45) is 5.73 Å². The molecule has 2 aromatic heterocycles. The standard InChI is InChI=1S/C9H11N7/c10-3-8-12-5-7(14-15-8)6-4-13-16-2-1-11-9(6)16/h4-5H,1-3,10H2,(H,11,13,14)/p+1. The summed E-state index contributed by atoms with van der Waals surface area (Å²) in [4.78, 5) is 4.13. The Labute approximate surface area is 91.7 Å². The molecule has 0 spiro atoms. The number of nitrogens with zero attached hydrogens (tertiary/aromatic N) is 4. The minimum absolute atomic E-state index is 0.311. The summed E-state index contributed by atoms with van der Waals surface area (Å²) in [6, 6.07) is 0. The second kappa shape index (κ2) is 3.53. The van der Waals surface area contributed by atoms with Crippen LogP contribution in [0.5, 0.6) is 0 Å². The van der Waals surface area contributed by atoms with Gasteiger partial charge in [0.25, 0.3) is 0 Å². The van der Waals surface area contributed by atoms with Gasteiger partial charge in [-0.2, -0.15) is 4.68 Å². The van der Waals surface area contributed by atoms with E-state index >= 15 is 0 Å². The van der Waals surface area contributed by atoms with Gasteiger partial charge in [-0.1, -0.05) is 0 Å². The smallest absolute Gasteiger partial charge is 0.304 e. The van der Waals surface area contributed by atoms with Gasteiger partial charge in [-0.3, -0.25) is 5.32 Å². The Hall–Kier alpha value is -2.02. The highest BCUT2D eigenvalue weighted by Gasteiger charge is 2.25. The monoisotopic (exact) mass is 218 g/mol. The summed E-state index contributed by atoms with van der Waals surface area (Å²) in [5, 5.41) is 14.5. The molecule has 0 aliphatic carbocycles. The summed E-state index contributed by atoms with van der Waals surface area (Å²) < 4.78 is 2.04. The molecular formula is C9H12N7+. The normalized spacial score (nSPS) is 13.6. The molecule has 0 fully saturated rings. The molecule has 1 aliphatic heterocycles. The van der Waals surface area contributed by atoms with E-state index < -0.39 is 0 Å². The van der Waals surface area contributed by atoms with E-state index in [2.05, 4.69) is 25.6 Å². The maximum absolute atomic E-state index is 5.42. The van der Waals surface area contributed by atoms with Gasteiger partial charge >= 0.3 is 5.82 Å². The molecule has 7 nitrogen and oxygen atoms in total. The first-order chi connectivity index (χ1) is 7.88. The van der Waals surface area contributed by atoms with Gasteiger partial charge in [0.1, 0.15) is 24.3 Å². The number of nitrogens with one attached hydrogen (secondary N) is 2. The van der Waals surface area contributed by atoms with Crippen molar-refractivity contribution in [2.45, 2.75) is 13.1 Å². The molecule has 0 bridgehead atoms. The molecule has 0 atom stereocenters. The van der Waals surface area contributed by atoms with Crippen molar-refractivity contribution in [3.05, 3.63) is 18.2 Å². The van der Waals surface area contributed by atoms with Gasteiger partial charge < -0.3 is 5.73 Å². The van der Waals surface area contributed by atoms with E-state index in [4.69, 9.17) is 5.73 Å². The van der Waals surface area contributed by atoms with Crippen LogP contribution >= 0.6 is 0 Å². The van der Waals surface area contributed by atoms with Crippen LogP contribution in [0.15, 0.2) is 12.4 Å². The van der Waals surface area contributed by atoms with Crippen molar-refractivity contribution < 1.29 is 4.68 Å². The number of anilines is 1. The fourth-order valence-electron chi connectivity index (χ4n) is 1.78. The average Bonchev–Trinajstić information content (AvgIpc) is 2.91. The van der Waals surface area contributed by atoms with E-state index in [1.54, 1.807) is 6.20 Å². The number of nitrogens with two attached hydrogens (primary N) is 1. The highest BCUT2D eigenvalue weighted by Crippen LogP contribution is 2.23. The predicted octanol–water partition coefficient (Wildman–Crippen LogP) is -0.962. The molecule has 3 rings (SSSR count). The molecule has 3 heterocycles. The molecule has 0 radical (unpaired) electrons. The number of hydrogen-bond donors (Lipinski definition) is 3. The molecule has 0 amide bonds. The lowest BCUT2D eigenvalue weighted by Crippen LogP contribution is -2.32. The van der Waals surface area contributed by atoms with E-state index in [-0.39, 0.29) is 0 Å². The van der Waals surface area contributed by atoms with Crippen LogP contribution in [0.2, 0.25) is 0 Å². The Morgan fingerprint density at radius 2 is 2.38 bits per heavy atom. The van der Waals surface area contributed by atoms with E-state index in [9.17, 15) is 0 Å². The number of aromatic amines is 1. The van der Waals surface area contributed by atoms with Crippen molar-refractivity contribution in [2.75, 3.05) is 11.9 Å². The zero-order valence-electron chi connectivity index (χ0n) is 8.64. The van der Waals surface area contributed by atoms with Crippen molar-refractivity contribution in [1.82, 2.24) is 20.3 Å². The maximum atomic E-state index is 5.42. The third-order valence-corrected chi connectivity index (χ3v) is 2.59. The second-order valence-electron chi connectivity index (χ2n) is 3.58. The summed E-state index contributed by atoms with van der Waals surface area (Å²) in [7, 11) is 0. The lowest BCUT2D eigenvalue weighted by molar-refractivity contribution is -0.725. The zero-order valence-corrected chi connectivity index (χ0v) is 8.64. The summed E-state index contributed by atoms with van der Waals surface area (Å²) in [6.07, 6.45) is 3.59. The van der Waals surface area contributed by atoms with Crippen molar-refractivity contribution in [1.29, 1.82) is 0 Å².